The van der Waals surface area contributed by atoms with E-state index < -0.39 is 0 Å². The first-order valence-electron chi connectivity index (χ1n) is 6.30. The van der Waals surface area contributed by atoms with Gasteiger partial charge in [0.2, 0.25) is 0 Å². The van der Waals surface area contributed by atoms with E-state index in [-0.39, 0.29) is 0 Å². The molecule has 17 heavy (non-hydrogen) atoms. The molecule has 1 aromatic heterocycles. The number of nitrogens with two attached hydrogens (primary N) is 1. The third kappa shape index (κ3) is 4.30. The highest BCUT2D eigenvalue weighted by Crippen LogP contribution is 2.18. The van der Waals surface area contributed by atoms with E-state index >= 15 is 0 Å². The Morgan fingerprint density at radius 1 is 1.18 bits per heavy atom. The summed E-state index contributed by atoms with van der Waals surface area (Å²) in [6.45, 7) is 11.3. The van der Waals surface area contributed by atoms with Gasteiger partial charge in [0.1, 0.15) is 0 Å². The minimum Gasteiger partial charge on any atom is -0.354 e. The first-order valence-corrected chi connectivity index (χ1v) is 6.30. The van der Waals surface area contributed by atoms with Gasteiger partial charge in [-0.3, -0.25) is 0 Å². The van der Waals surface area contributed by atoms with Crippen molar-refractivity contribution in [2.24, 2.45) is 17.6 Å². The molecule has 4 heteroatoms. The number of hydrogen-bond acceptors (Lipinski definition) is 4. The van der Waals surface area contributed by atoms with Gasteiger partial charge in [0.25, 0.3) is 0 Å². The Kier molecular flexibility index (Phi) is 5.35. The molecule has 1 aromatic rings. The van der Waals surface area contributed by atoms with Gasteiger partial charge < -0.3 is 10.6 Å². The van der Waals surface area contributed by atoms with Crippen LogP contribution in [0.15, 0.2) is 12.3 Å². The van der Waals surface area contributed by atoms with E-state index in [0.717, 1.165) is 24.5 Å². The van der Waals surface area contributed by atoms with E-state index in [9.17, 15) is 0 Å². The lowest BCUT2D eigenvalue weighted by Gasteiger charge is -2.28. The number of aromatic nitrogens is 2. The lowest BCUT2D eigenvalue weighted by molar-refractivity contribution is 0.545. The molecule has 0 atom stereocenters. The predicted octanol–water partition coefficient (Wildman–Crippen LogP) is 2.05. The van der Waals surface area contributed by atoms with Crippen molar-refractivity contribution in [1.82, 2.24) is 10.2 Å². The second-order valence-corrected chi connectivity index (χ2v) is 5.28. The Morgan fingerprint density at radius 3 is 2.24 bits per heavy atom. The van der Waals surface area contributed by atoms with Gasteiger partial charge in [-0.2, -0.15) is 5.10 Å². The van der Waals surface area contributed by atoms with Crippen molar-refractivity contribution in [2.75, 3.05) is 18.0 Å². The zero-order valence-corrected chi connectivity index (χ0v) is 11.3. The summed E-state index contributed by atoms with van der Waals surface area (Å²) in [6.07, 6.45) is 1.70. The van der Waals surface area contributed by atoms with Crippen LogP contribution in [0.3, 0.4) is 0 Å². The molecular weight excluding hydrogens is 212 g/mol. The monoisotopic (exact) mass is 236 g/mol. The highest BCUT2D eigenvalue weighted by Gasteiger charge is 2.15. The van der Waals surface area contributed by atoms with E-state index in [1.807, 2.05) is 6.07 Å². The lowest BCUT2D eigenvalue weighted by Crippen LogP contribution is -2.33. The molecule has 0 saturated carbocycles. The van der Waals surface area contributed by atoms with Crippen LogP contribution in [-0.2, 0) is 6.54 Å². The largest absolute Gasteiger partial charge is 0.354 e. The van der Waals surface area contributed by atoms with Crippen molar-refractivity contribution in [3.05, 3.63) is 17.8 Å². The number of hydrogen-bond donors (Lipinski definition) is 1. The first-order chi connectivity index (χ1) is 8.04. The average Bonchev–Trinajstić information content (AvgIpc) is 2.27. The van der Waals surface area contributed by atoms with Crippen LogP contribution in [0.25, 0.3) is 0 Å². The summed E-state index contributed by atoms with van der Waals surface area (Å²) in [5, 5.41) is 8.23. The molecule has 0 aromatic carbocycles. The fraction of sp³-hybridized carbons (Fsp3) is 0.692. The van der Waals surface area contributed by atoms with Crippen LogP contribution in [0.5, 0.6) is 0 Å². The summed E-state index contributed by atoms with van der Waals surface area (Å²) < 4.78 is 0. The fourth-order valence-electron chi connectivity index (χ4n) is 1.90. The second-order valence-electron chi connectivity index (χ2n) is 5.28. The highest BCUT2D eigenvalue weighted by atomic mass is 15.3. The quantitative estimate of drug-likeness (QED) is 0.821. The highest BCUT2D eigenvalue weighted by molar-refractivity contribution is 5.45. The molecule has 0 fully saturated rings. The summed E-state index contributed by atoms with van der Waals surface area (Å²) in [7, 11) is 0. The van der Waals surface area contributed by atoms with Crippen LogP contribution in [0.2, 0.25) is 0 Å². The summed E-state index contributed by atoms with van der Waals surface area (Å²) >= 11 is 0. The predicted molar refractivity (Wildman–Crippen MR) is 71.8 cm³/mol. The second kappa shape index (κ2) is 6.55. The number of nitrogens with zero attached hydrogens (tertiary/aromatic N) is 3. The summed E-state index contributed by atoms with van der Waals surface area (Å²) in [5.74, 6) is 2.14. The molecule has 0 aliphatic rings. The van der Waals surface area contributed by atoms with Gasteiger partial charge in [0, 0.05) is 25.2 Å². The lowest BCUT2D eigenvalue weighted by atomic mass is 10.1. The van der Waals surface area contributed by atoms with Crippen LogP contribution < -0.4 is 10.6 Å². The van der Waals surface area contributed by atoms with E-state index in [1.54, 1.807) is 6.20 Å². The van der Waals surface area contributed by atoms with Crippen molar-refractivity contribution < 1.29 is 0 Å². The van der Waals surface area contributed by atoms with Crippen molar-refractivity contribution in [2.45, 2.75) is 34.2 Å². The minimum atomic E-state index is 0.511. The van der Waals surface area contributed by atoms with Gasteiger partial charge in [-0.05, 0) is 17.9 Å². The molecule has 0 saturated heterocycles. The van der Waals surface area contributed by atoms with Crippen molar-refractivity contribution in [3.63, 3.8) is 0 Å². The van der Waals surface area contributed by atoms with Crippen molar-refractivity contribution in [1.29, 1.82) is 0 Å². The zero-order valence-electron chi connectivity index (χ0n) is 11.3. The minimum absolute atomic E-state index is 0.511. The molecule has 4 nitrogen and oxygen atoms in total. The number of rotatable bonds is 6. The van der Waals surface area contributed by atoms with Gasteiger partial charge in [0.15, 0.2) is 5.82 Å². The van der Waals surface area contributed by atoms with Crippen molar-refractivity contribution in [3.8, 4) is 0 Å². The SMILES string of the molecule is CC(C)CN(CC(C)C)c1nnccc1CN. The van der Waals surface area contributed by atoms with Gasteiger partial charge in [0.05, 0.1) is 6.20 Å². The maximum Gasteiger partial charge on any atom is 0.155 e. The van der Waals surface area contributed by atoms with E-state index in [0.29, 0.717) is 18.4 Å². The maximum atomic E-state index is 5.76. The Labute approximate surface area is 104 Å². The molecule has 96 valence electrons. The zero-order chi connectivity index (χ0) is 12.8. The van der Waals surface area contributed by atoms with Gasteiger partial charge in [-0.1, -0.05) is 27.7 Å². The topological polar surface area (TPSA) is 55.0 Å². The van der Waals surface area contributed by atoms with E-state index in [1.165, 1.54) is 0 Å². The smallest absolute Gasteiger partial charge is 0.155 e. The van der Waals surface area contributed by atoms with E-state index in [4.69, 9.17) is 5.73 Å². The molecule has 1 rings (SSSR count). The number of anilines is 1. The molecule has 0 spiro atoms. The molecule has 2 N–H and O–H groups in total. The molecule has 0 unspecified atom stereocenters. The standard InChI is InChI=1S/C13H24N4/c1-10(2)8-17(9-11(3)4)13-12(7-14)5-6-15-16-13/h5-6,10-11H,7-9,14H2,1-4H3. The van der Waals surface area contributed by atoms with Crippen LogP contribution >= 0.6 is 0 Å². The molecule has 0 bridgehead atoms. The molecular formula is C13H24N4. The van der Waals surface area contributed by atoms with Gasteiger partial charge >= 0.3 is 0 Å². The molecule has 0 aliphatic carbocycles. The average molecular weight is 236 g/mol. The van der Waals surface area contributed by atoms with Crippen LogP contribution in [-0.4, -0.2) is 23.3 Å². The molecule has 1 heterocycles. The van der Waals surface area contributed by atoms with E-state index in [2.05, 4.69) is 42.8 Å². The van der Waals surface area contributed by atoms with Crippen LogP contribution in [0.1, 0.15) is 33.3 Å². The maximum absolute atomic E-state index is 5.76. The van der Waals surface area contributed by atoms with Crippen LogP contribution in [0.4, 0.5) is 5.82 Å². The molecule has 0 amide bonds. The normalized spacial score (nSPS) is 11.2. The Morgan fingerprint density at radius 2 is 1.76 bits per heavy atom. The fourth-order valence-corrected chi connectivity index (χ4v) is 1.90. The summed E-state index contributed by atoms with van der Waals surface area (Å²) in [4.78, 5) is 2.30. The van der Waals surface area contributed by atoms with Gasteiger partial charge in [-0.25, -0.2) is 0 Å². The Hall–Kier alpha value is -1.16. The summed E-state index contributed by atoms with van der Waals surface area (Å²) in [5.41, 5.74) is 6.83. The Bertz CT molecular complexity index is 326. The third-order valence-electron chi connectivity index (χ3n) is 2.47. The van der Waals surface area contributed by atoms with Crippen LogP contribution in [0, 0.1) is 11.8 Å². The van der Waals surface area contributed by atoms with Crippen molar-refractivity contribution >= 4 is 5.82 Å². The molecule has 0 aliphatic heterocycles. The first kappa shape index (κ1) is 13.9. The third-order valence-corrected chi connectivity index (χ3v) is 2.47. The summed E-state index contributed by atoms with van der Waals surface area (Å²) in [6, 6.07) is 1.95. The molecule has 0 radical (unpaired) electrons. The van der Waals surface area contributed by atoms with Gasteiger partial charge in [-0.15, -0.1) is 5.10 Å². The Balaban J connectivity index is 2.94.